The highest BCUT2D eigenvalue weighted by molar-refractivity contribution is 9.10. The molecule has 100 valence electrons. The molecule has 0 saturated carbocycles. The molecule has 0 spiro atoms. The summed E-state index contributed by atoms with van der Waals surface area (Å²) >= 11 is 3.42. The number of benzene rings is 1. The van der Waals surface area contributed by atoms with Crippen molar-refractivity contribution in [2.24, 2.45) is 10.2 Å². The monoisotopic (exact) mass is 330 g/mol. The number of nitrogens with zero attached hydrogens (tertiary/aromatic N) is 4. The van der Waals surface area contributed by atoms with Crippen molar-refractivity contribution >= 4 is 33.1 Å². The number of imidazole rings is 1. The Balaban J connectivity index is 2.09. The molecule has 0 unspecified atom stereocenters. The van der Waals surface area contributed by atoms with Crippen LogP contribution in [0.2, 0.25) is 0 Å². The minimum absolute atomic E-state index is 0.101. The molecule has 0 aliphatic heterocycles. The standard InChI is InChI=1S/C14H11BrN4O/c1-9-14(18-17-11-4-2-3-5-12(11)20)19-8-10(15)6-7-13(19)16-9/h2-8,20H,1H3. The Morgan fingerprint density at radius 1 is 1.15 bits per heavy atom. The molecule has 0 atom stereocenters. The van der Waals surface area contributed by atoms with Crippen LogP contribution in [-0.4, -0.2) is 14.5 Å². The molecule has 3 rings (SSSR count). The van der Waals surface area contributed by atoms with Crippen LogP contribution in [0.4, 0.5) is 11.5 Å². The highest BCUT2D eigenvalue weighted by Gasteiger charge is 2.08. The third kappa shape index (κ3) is 2.30. The van der Waals surface area contributed by atoms with E-state index in [-0.39, 0.29) is 5.75 Å². The van der Waals surface area contributed by atoms with Gasteiger partial charge in [0.25, 0.3) is 0 Å². The summed E-state index contributed by atoms with van der Waals surface area (Å²) in [5.74, 6) is 0.744. The van der Waals surface area contributed by atoms with Gasteiger partial charge in [0, 0.05) is 10.7 Å². The zero-order valence-electron chi connectivity index (χ0n) is 10.7. The van der Waals surface area contributed by atoms with Crippen LogP contribution < -0.4 is 0 Å². The van der Waals surface area contributed by atoms with E-state index in [1.807, 2.05) is 29.7 Å². The Labute approximate surface area is 123 Å². The van der Waals surface area contributed by atoms with Crippen molar-refractivity contribution in [1.29, 1.82) is 0 Å². The number of azo groups is 1. The van der Waals surface area contributed by atoms with Crippen LogP contribution in [0.25, 0.3) is 5.65 Å². The molecule has 3 aromatic rings. The molecule has 0 saturated heterocycles. The number of halogens is 1. The van der Waals surface area contributed by atoms with Crippen LogP contribution in [0, 0.1) is 6.92 Å². The summed E-state index contributed by atoms with van der Waals surface area (Å²) in [4.78, 5) is 4.41. The summed E-state index contributed by atoms with van der Waals surface area (Å²) in [5, 5.41) is 18.0. The van der Waals surface area contributed by atoms with Crippen LogP contribution in [0.15, 0.2) is 57.3 Å². The average molecular weight is 331 g/mol. The van der Waals surface area contributed by atoms with Crippen molar-refractivity contribution in [2.45, 2.75) is 6.92 Å². The van der Waals surface area contributed by atoms with E-state index in [1.54, 1.807) is 24.3 Å². The Morgan fingerprint density at radius 3 is 2.75 bits per heavy atom. The third-order valence-electron chi connectivity index (χ3n) is 2.86. The smallest absolute Gasteiger partial charge is 0.182 e. The van der Waals surface area contributed by atoms with E-state index in [0.717, 1.165) is 15.8 Å². The first-order chi connectivity index (χ1) is 9.65. The minimum atomic E-state index is 0.101. The second-order valence-corrected chi connectivity index (χ2v) is 5.20. The maximum Gasteiger partial charge on any atom is 0.182 e. The third-order valence-corrected chi connectivity index (χ3v) is 3.33. The van der Waals surface area contributed by atoms with Gasteiger partial charge in [-0.15, -0.1) is 10.2 Å². The van der Waals surface area contributed by atoms with Gasteiger partial charge in [0.15, 0.2) is 5.82 Å². The molecular weight excluding hydrogens is 320 g/mol. The van der Waals surface area contributed by atoms with Crippen molar-refractivity contribution in [1.82, 2.24) is 9.38 Å². The van der Waals surface area contributed by atoms with E-state index in [0.29, 0.717) is 11.5 Å². The summed E-state index contributed by atoms with van der Waals surface area (Å²) in [7, 11) is 0. The molecule has 1 N–H and O–H groups in total. The maximum atomic E-state index is 9.68. The quantitative estimate of drug-likeness (QED) is 0.702. The summed E-state index contributed by atoms with van der Waals surface area (Å²) in [6.07, 6.45) is 1.88. The summed E-state index contributed by atoms with van der Waals surface area (Å²) in [5.41, 5.74) is 2.01. The molecule has 2 heterocycles. The fourth-order valence-corrected chi connectivity index (χ4v) is 2.23. The Kier molecular flexibility index (Phi) is 3.23. The van der Waals surface area contributed by atoms with Crippen LogP contribution in [0.3, 0.4) is 0 Å². The minimum Gasteiger partial charge on any atom is -0.506 e. The molecule has 0 amide bonds. The van der Waals surface area contributed by atoms with E-state index >= 15 is 0 Å². The van der Waals surface area contributed by atoms with Gasteiger partial charge in [-0.25, -0.2) is 4.98 Å². The van der Waals surface area contributed by atoms with Gasteiger partial charge in [-0.05, 0) is 47.1 Å². The number of rotatable bonds is 2. The van der Waals surface area contributed by atoms with Crippen LogP contribution in [-0.2, 0) is 0 Å². The molecule has 0 radical (unpaired) electrons. The predicted molar refractivity (Wildman–Crippen MR) is 79.9 cm³/mol. The van der Waals surface area contributed by atoms with Crippen molar-refractivity contribution in [3.05, 3.63) is 52.8 Å². The summed E-state index contributed by atoms with van der Waals surface area (Å²) in [6, 6.07) is 10.6. The summed E-state index contributed by atoms with van der Waals surface area (Å²) < 4.78 is 2.78. The highest BCUT2D eigenvalue weighted by atomic mass is 79.9. The lowest BCUT2D eigenvalue weighted by molar-refractivity contribution is 0.476. The zero-order valence-corrected chi connectivity index (χ0v) is 12.2. The van der Waals surface area contributed by atoms with Crippen LogP contribution >= 0.6 is 15.9 Å². The van der Waals surface area contributed by atoms with Crippen LogP contribution in [0.1, 0.15) is 5.69 Å². The molecular formula is C14H11BrN4O. The fraction of sp³-hybridized carbons (Fsp3) is 0.0714. The van der Waals surface area contributed by atoms with Gasteiger partial charge in [-0.3, -0.25) is 4.40 Å². The molecule has 5 nitrogen and oxygen atoms in total. The molecule has 6 heteroatoms. The normalized spacial score (nSPS) is 11.5. The molecule has 2 aromatic heterocycles. The molecule has 1 aromatic carbocycles. The van der Waals surface area contributed by atoms with Crippen molar-refractivity contribution in [3.8, 4) is 5.75 Å². The summed E-state index contributed by atoms with van der Waals surface area (Å²) in [6.45, 7) is 1.88. The Hall–Kier alpha value is -2.21. The van der Waals surface area contributed by atoms with E-state index in [9.17, 15) is 5.11 Å². The largest absolute Gasteiger partial charge is 0.506 e. The number of phenols is 1. The number of pyridine rings is 1. The number of phenolic OH excluding ortho intramolecular Hbond substituents is 1. The second-order valence-electron chi connectivity index (χ2n) is 4.29. The van der Waals surface area contributed by atoms with Crippen molar-refractivity contribution in [2.75, 3.05) is 0 Å². The number of aromatic nitrogens is 2. The van der Waals surface area contributed by atoms with Gasteiger partial charge in [0.2, 0.25) is 0 Å². The Morgan fingerprint density at radius 2 is 1.95 bits per heavy atom. The van der Waals surface area contributed by atoms with Gasteiger partial charge in [-0.1, -0.05) is 12.1 Å². The lowest BCUT2D eigenvalue weighted by Crippen LogP contribution is -1.82. The number of para-hydroxylation sites is 1. The molecule has 0 aliphatic carbocycles. The molecule has 20 heavy (non-hydrogen) atoms. The van der Waals surface area contributed by atoms with Crippen molar-refractivity contribution < 1.29 is 5.11 Å². The first-order valence-electron chi connectivity index (χ1n) is 5.99. The van der Waals surface area contributed by atoms with E-state index in [1.165, 1.54) is 0 Å². The number of aryl methyl sites for hydroxylation is 1. The maximum absolute atomic E-state index is 9.68. The van der Waals surface area contributed by atoms with E-state index < -0.39 is 0 Å². The van der Waals surface area contributed by atoms with Crippen LogP contribution in [0.5, 0.6) is 5.75 Å². The number of hydrogen-bond acceptors (Lipinski definition) is 4. The predicted octanol–water partition coefficient (Wildman–Crippen LogP) is 4.53. The highest BCUT2D eigenvalue weighted by Crippen LogP contribution is 2.29. The lowest BCUT2D eigenvalue weighted by Gasteiger charge is -1.98. The topological polar surface area (TPSA) is 62.2 Å². The number of aromatic hydroxyl groups is 1. The van der Waals surface area contributed by atoms with E-state index in [4.69, 9.17) is 0 Å². The van der Waals surface area contributed by atoms with Crippen molar-refractivity contribution in [3.63, 3.8) is 0 Å². The zero-order chi connectivity index (χ0) is 14.1. The fourth-order valence-electron chi connectivity index (χ4n) is 1.89. The van der Waals surface area contributed by atoms with Gasteiger partial charge in [-0.2, -0.15) is 0 Å². The first kappa shape index (κ1) is 12.8. The molecule has 0 aliphatic rings. The second kappa shape index (κ2) is 5.05. The SMILES string of the molecule is Cc1nc2ccc(Br)cn2c1N=Nc1ccccc1O. The van der Waals surface area contributed by atoms with Gasteiger partial charge < -0.3 is 5.11 Å². The lowest BCUT2D eigenvalue weighted by atomic mass is 10.3. The molecule has 0 fully saturated rings. The van der Waals surface area contributed by atoms with Gasteiger partial charge in [0.05, 0.1) is 5.69 Å². The average Bonchev–Trinajstić information content (AvgIpc) is 2.73. The van der Waals surface area contributed by atoms with E-state index in [2.05, 4.69) is 31.1 Å². The van der Waals surface area contributed by atoms with Gasteiger partial charge in [0.1, 0.15) is 17.1 Å². The number of hydrogen-bond donors (Lipinski definition) is 1. The number of fused-ring (bicyclic) bond motifs is 1. The first-order valence-corrected chi connectivity index (χ1v) is 6.78. The van der Waals surface area contributed by atoms with Gasteiger partial charge >= 0.3 is 0 Å². The Bertz CT molecular complexity index is 810. The molecule has 0 bridgehead atoms.